The molecule has 1 N–H and O–H groups in total. The Hall–Kier alpha value is -2.28. The first-order chi connectivity index (χ1) is 16.0. The number of hydrogen-bond donors (Lipinski definition) is 1. The van der Waals surface area contributed by atoms with Gasteiger partial charge in [-0.2, -0.15) is 0 Å². The number of piperidine rings is 1. The van der Waals surface area contributed by atoms with Crippen molar-refractivity contribution in [3.05, 3.63) is 58.3 Å². The summed E-state index contributed by atoms with van der Waals surface area (Å²) in [6.07, 6.45) is 5.13. The number of imidazole rings is 1. The normalized spacial score (nSPS) is 20.3. The maximum Gasteiger partial charge on any atom is 0.239 e. The van der Waals surface area contributed by atoms with Crippen molar-refractivity contribution in [2.45, 2.75) is 38.3 Å². The van der Waals surface area contributed by atoms with Crippen LogP contribution in [-0.4, -0.2) is 59.1 Å². The van der Waals surface area contributed by atoms with E-state index in [2.05, 4.69) is 44.9 Å². The van der Waals surface area contributed by atoms with Crippen molar-refractivity contribution < 1.29 is 4.79 Å². The molecule has 1 aromatic heterocycles. The molecule has 0 radical (unpaired) electrons. The van der Waals surface area contributed by atoms with E-state index in [0.29, 0.717) is 10.0 Å². The van der Waals surface area contributed by atoms with Crippen molar-refractivity contribution in [3.63, 3.8) is 0 Å². The predicted octanol–water partition coefficient (Wildman–Crippen LogP) is 4.74. The zero-order chi connectivity index (χ0) is 22.9. The molecule has 0 bridgehead atoms. The van der Waals surface area contributed by atoms with Crippen molar-refractivity contribution in [2.75, 3.05) is 37.6 Å². The van der Waals surface area contributed by atoms with Crippen LogP contribution in [0.25, 0.3) is 11.0 Å². The van der Waals surface area contributed by atoms with E-state index in [1.807, 2.05) is 23.4 Å². The van der Waals surface area contributed by atoms with Gasteiger partial charge in [0.2, 0.25) is 5.91 Å². The summed E-state index contributed by atoms with van der Waals surface area (Å²) in [4.78, 5) is 21.8. The van der Waals surface area contributed by atoms with Gasteiger partial charge in [-0.05, 0) is 62.2 Å². The number of nitrogens with zero attached hydrogens (tertiary/aromatic N) is 4. The zero-order valence-corrected chi connectivity index (χ0v) is 20.3. The molecule has 2 aliphatic rings. The molecule has 6 nitrogen and oxygen atoms in total. The van der Waals surface area contributed by atoms with E-state index in [9.17, 15) is 4.79 Å². The number of rotatable bonds is 4. The van der Waals surface area contributed by atoms with Crippen molar-refractivity contribution in [1.29, 1.82) is 0 Å². The van der Waals surface area contributed by atoms with Crippen LogP contribution in [0, 0.1) is 0 Å². The number of nitrogens with one attached hydrogen (secondary N) is 1. The molecule has 3 aromatic rings. The van der Waals surface area contributed by atoms with Crippen molar-refractivity contribution >= 4 is 45.8 Å². The lowest BCUT2D eigenvalue weighted by molar-refractivity contribution is -0.134. The first-order valence-electron chi connectivity index (χ1n) is 11.7. The number of benzene rings is 2. The average Bonchev–Trinajstić information content (AvgIpc) is 3.27. The van der Waals surface area contributed by atoms with Gasteiger partial charge >= 0.3 is 0 Å². The minimum Gasteiger partial charge on any atom is -0.368 e. The largest absolute Gasteiger partial charge is 0.368 e. The lowest BCUT2D eigenvalue weighted by atomic mass is 10.0. The third-order valence-corrected chi connectivity index (χ3v) is 7.52. The number of carbonyl (C=O) groups excluding carboxylic acids is 1. The van der Waals surface area contributed by atoms with Gasteiger partial charge in [0, 0.05) is 41.9 Å². The van der Waals surface area contributed by atoms with E-state index in [4.69, 9.17) is 23.2 Å². The summed E-state index contributed by atoms with van der Waals surface area (Å²) >= 11 is 12.6. The molecule has 0 aliphatic carbocycles. The molecular weight excluding hydrogens is 457 g/mol. The van der Waals surface area contributed by atoms with Crippen LogP contribution >= 0.6 is 23.2 Å². The van der Waals surface area contributed by atoms with E-state index < -0.39 is 0 Å². The fourth-order valence-corrected chi connectivity index (χ4v) is 5.54. The molecule has 33 heavy (non-hydrogen) atoms. The highest BCUT2D eigenvalue weighted by Crippen LogP contribution is 2.32. The molecule has 1 unspecified atom stereocenters. The minimum absolute atomic E-state index is 0.00261. The lowest BCUT2D eigenvalue weighted by Crippen LogP contribution is -2.55. The van der Waals surface area contributed by atoms with Crippen LogP contribution in [-0.2, 0) is 4.79 Å². The second-order valence-corrected chi connectivity index (χ2v) is 9.83. The Bertz CT molecular complexity index is 1150. The smallest absolute Gasteiger partial charge is 0.239 e. The molecule has 2 fully saturated rings. The van der Waals surface area contributed by atoms with Gasteiger partial charge in [-0.25, -0.2) is 4.98 Å². The highest BCUT2D eigenvalue weighted by molar-refractivity contribution is 6.35. The second-order valence-electron chi connectivity index (χ2n) is 8.98. The van der Waals surface area contributed by atoms with Crippen LogP contribution in [0.3, 0.4) is 0 Å². The molecule has 8 heteroatoms. The fourth-order valence-electron chi connectivity index (χ4n) is 4.98. The Morgan fingerprint density at radius 3 is 2.64 bits per heavy atom. The molecule has 2 saturated heterocycles. The van der Waals surface area contributed by atoms with Crippen LogP contribution in [0.2, 0.25) is 10.0 Å². The first kappa shape index (κ1) is 22.5. The molecule has 2 atom stereocenters. The fraction of sp³-hybridized carbons (Fsp3) is 0.440. The molecule has 2 aromatic carbocycles. The molecule has 0 spiro atoms. The number of anilines is 1. The van der Waals surface area contributed by atoms with E-state index in [0.717, 1.165) is 67.8 Å². The molecule has 174 valence electrons. The van der Waals surface area contributed by atoms with Gasteiger partial charge in [-0.3, -0.25) is 4.79 Å². The van der Waals surface area contributed by atoms with Crippen LogP contribution < -0.4 is 10.2 Å². The number of fused-ring (bicyclic) bond motifs is 1. The van der Waals surface area contributed by atoms with Crippen molar-refractivity contribution in [1.82, 2.24) is 19.8 Å². The Balaban J connectivity index is 1.32. The van der Waals surface area contributed by atoms with Crippen molar-refractivity contribution in [3.8, 4) is 0 Å². The molecule has 1 amide bonds. The summed E-state index contributed by atoms with van der Waals surface area (Å²) in [7, 11) is 0. The van der Waals surface area contributed by atoms with Gasteiger partial charge in [0.15, 0.2) is 0 Å². The number of piperazine rings is 1. The first-order valence-corrected chi connectivity index (χ1v) is 12.5. The number of halogens is 2. The van der Waals surface area contributed by atoms with E-state index >= 15 is 0 Å². The van der Waals surface area contributed by atoms with Crippen LogP contribution in [0.1, 0.15) is 37.8 Å². The number of hydrogen-bond acceptors (Lipinski definition) is 4. The van der Waals surface area contributed by atoms with Gasteiger partial charge in [-0.15, -0.1) is 0 Å². The van der Waals surface area contributed by atoms with E-state index in [1.54, 1.807) is 6.07 Å². The molecule has 2 aliphatic heterocycles. The van der Waals surface area contributed by atoms with E-state index in [1.165, 1.54) is 6.42 Å². The highest BCUT2D eigenvalue weighted by atomic mass is 35.5. The van der Waals surface area contributed by atoms with Crippen LogP contribution in [0.15, 0.2) is 42.7 Å². The van der Waals surface area contributed by atoms with Gasteiger partial charge < -0.3 is 19.7 Å². The summed E-state index contributed by atoms with van der Waals surface area (Å²) in [5.74, 6) is 0.261. The van der Waals surface area contributed by atoms with Crippen LogP contribution in [0.4, 0.5) is 5.69 Å². The standard InChI is InChI=1S/C25H29Cl2N5O/c1-17(20-7-5-18(26)14-21(20)27)32-16-29-22-8-6-19(15-24(22)32)30-10-12-31(13-11-30)25(33)23-4-2-3-9-28-23/h5-8,14-17,23,28H,2-4,9-13H2,1H3/t17?,23-/m1/s1. The summed E-state index contributed by atoms with van der Waals surface area (Å²) in [6.45, 7) is 6.24. The molecular formula is C25H29Cl2N5O. The Morgan fingerprint density at radius 1 is 1.09 bits per heavy atom. The Labute approximate surface area is 204 Å². The third-order valence-electron chi connectivity index (χ3n) is 6.95. The number of aromatic nitrogens is 2. The highest BCUT2D eigenvalue weighted by Gasteiger charge is 2.28. The van der Waals surface area contributed by atoms with Gasteiger partial charge in [0.1, 0.15) is 0 Å². The van der Waals surface area contributed by atoms with E-state index in [-0.39, 0.29) is 18.0 Å². The molecule has 5 rings (SSSR count). The zero-order valence-electron chi connectivity index (χ0n) is 18.8. The average molecular weight is 486 g/mol. The van der Waals surface area contributed by atoms with Crippen molar-refractivity contribution in [2.24, 2.45) is 0 Å². The Morgan fingerprint density at radius 2 is 1.91 bits per heavy atom. The summed E-state index contributed by atoms with van der Waals surface area (Å²) in [6, 6.07) is 12.0. The summed E-state index contributed by atoms with van der Waals surface area (Å²) < 4.78 is 2.16. The number of amides is 1. The summed E-state index contributed by atoms with van der Waals surface area (Å²) in [5.41, 5.74) is 4.18. The monoisotopic (exact) mass is 485 g/mol. The predicted molar refractivity (Wildman–Crippen MR) is 134 cm³/mol. The Kier molecular flexibility index (Phi) is 6.50. The third kappa shape index (κ3) is 4.57. The SMILES string of the molecule is CC(c1ccc(Cl)cc1Cl)n1cnc2ccc(N3CCN(C(=O)[C@H]4CCCCN4)CC3)cc21. The maximum absolute atomic E-state index is 12.9. The topological polar surface area (TPSA) is 53.4 Å². The second kappa shape index (κ2) is 9.53. The maximum atomic E-state index is 12.9. The minimum atomic E-state index is -0.00261. The lowest BCUT2D eigenvalue weighted by Gasteiger charge is -2.38. The number of carbonyl (C=O) groups is 1. The van der Waals surface area contributed by atoms with Gasteiger partial charge in [0.05, 0.1) is 29.4 Å². The van der Waals surface area contributed by atoms with Gasteiger partial charge in [-0.1, -0.05) is 35.7 Å². The molecule has 3 heterocycles. The quantitative estimate of drug-likeness (QED) is 0.579. The van der Waals surface area contributed by atoms with Gasteiger partial charge in [0.25, 0.3) is 0 Å². The van der Waals surface area contributed by atoms with Crippen LogP contribution in [0.5, 0.6) is 0 Å². The molecule has 0 saturated carbocycles. The summed E-state index contributed by atoms with van der Waals surface area (Å²) in [5, 5.41) is 4.67.